The second-order valence-corrected chi connectivity index (χ2v) is 3.94. The van der Waals surface area contributed by atoms with Crippen molar-refractivity contribution in [1.29, 1.82) is 0 Å². The molecule has 0 radical (unpaired) electrons. The summed E-state index contributed by atoms with van der Waals surface area (Å²) in [7, 11) is 0. The van der Waals surface area contributed by atoms with Crippen molar-refractivity contribution < 1.29 is 9.18 Å². The maximum Gasteiger partial charge on any atom is 0.261 e. The van der Waals surface area contributed by atoms with E-state index in [1.54, 1.807) is 12.3 Å². The number of aromatic nitrogens is 1. The summed E-state index contributed by atoms with van der Waals surface area (Å²) < 4.78 is 14.0. The summed E-state index contributed by atoms with van der Waals surface area (Å²) in [6.45, 7) is 2.03. The molecule has 0 N–H and O–H groups in total. The molecular formula is C11H13FN2O2. The van der Waals surface area contributed by atoms with E-state index in [2.05, 4.69) is 0 Å². The average molecular weight is 224 g/mol. The lowest BCUT2D eigenvalue weighted by molar-refractivity contribution is 0.0625. The topological polar surface area (TPSA) is 42.3 Å². The molecule has 2 rings (SSSR count). The predicted molar refractivity (Wildman–Crippen MR) is 57.4 cm³/mol. The van der Waals surface area contributed by atoms with Crippen molar-refractivity contribution in [2.75, 3.05) is 19.6 Å². The fourth-order valence-corrected chi connectivity index (χ4v) is 1.76. The van der Waals surface area contributed by atoms with Crippen LogP contribution in [0.3, 0.4) is 0 Å². The number of hydrogen-bond donors (Lipinski definition) is 0. The fourth-order valence-electron chi connectivity index (χ4n) is 1.76. The number of carbonyl (C=O) groups excluding carboxylic acids is 1. The molecule has 5 heteroatoms. The second kappa shape index (κ2) is 4.57. The van der Waals surface area contributed by atoms with Gasteiger partial charge in [-0.05, 0) is 12.1 Å². The molecule has 0 amide bonds. The van der Waals surface area contributed by atoms with Gasteiger partial charge in [0.15, 0.2) is 6.29 Å². The number of rotatable bonds is 4. The van der Waals surface area contributed by atoms with E-state index in [1.165, 1.54) is 10.6 Å². The van der Waals surface area contributed by atoms with Crippen LogP contribution in [0, 0.1) is 0 Å². The Balaban J connectivity index is 1.99. The van der Waals surface area contributed by atoms with E-state index in [4.69, 9.17) is 0 Å². The lowest BCUT2D eigenvalue weighted by Crippen LogP contribution is -2.49. The van der Waals surface area contributed by atoms with Crippen LogP contribution >= 0.6 is 0 Å². The molecule has 0 bridgehead atoms. The fraction of sp³-hybridized carbons (Fsp3) is 0.455. The SMILES string of the molecule is O=Cc1cccn(CCN2CC(F)C2)c1=O. The predicted octanol–water partition coefficient (Wildman–Crippen LogP) is 0.315. The van der Waals surface area contributed by atoms with E-state index in [0.717, 1.165) is 0 Å². The lowest BCUT2D eigenvalue weighted by Gasteiger charge is -2.34. The lowest BCUT2D eigenvalue weighted by atomic mass is 10.2. The Hall–Kier alpha value is -1.49. The van der Waals surface area contributed by atoms with Gasteiger partial charge in [-0.25, -0.2) is 4.39 Å². The normalized spacial score (nSPS) is 17.1. The zero-order valence-corrected chi connectivity index (χ0v) is 8.80. The van der Waals surface area contributed by atoms with Crippen LogP contribution in [0.1, 0.15) is 10.4 Å². The van der Waals surface area contributed by atoms with E-state index in [0.29, 0.717) is 32.5 Å². The Labute approximate surface area is 92.3 Å². The van der Waals surface area contributed by atoms with Crippen LogP contribution in [0.25, 0.3) is 0 Å². The highest BCUT2D eigenvalue weighted by Crippen LogP contribution is 2.10. The molecule has 1 fully saturated rings. The number of nitrogens with zero attached hydrogens (tertiary/aromatic N) is 2. The highest BCUT2D eigenvalue weighted by molar-refractivity contribution is 5.73. The van der Waals surface area contributed by atoms with Crippen molar-refractivity contribution in [3.05, 3.63) is 34.2 Å². The number of aldehydes is 1. The summed E-state index contributed by atoms with van der Waals surface area (Å²) in [5, 5.41) is 0. The molecule has 0 spiro atoms. The van der Waals surface area contributed by atoms with Crippen molar-refractivity contribution in [3.63, 3.8) is 0 Å². The molecule has 2 heterocycles. The number of pyridine rings is 1. The molecule has 4 nitrogen and oxygen atoms in total. The van der Waals surface area contributed by atoms with Crippen molar-refractivity contribution in [1.82, 2.24) is 9.47 Å². The molecule has 0 saturated carbocycles. The van der Waals surface area contributed by atoms with Gasteiger partial charge in [0.25, 0.3) is 5.56 Å². The Bertz CT molecular complexity index is 438. The summed E-state index contributed by atoms with van der Waals surface area (Å²) in [4.78, 5) is 24.1. The zero-order chi connectivity index (χ0) is 11.5. The minimum Gasteiger partial charge on any atom is -0.314 e. The Morgan fingerprint density at radius 3 is 2.81 bits per heavy atom. The molecule has 0 unspecified atom stereocenters. The van der Waals surface area contributed by atoms with E-state index in [1.807, 2.05) is 4.90 Å². The Kier molecular flexibility index (Phi) is 3.14. The molecule has 16 heavy (non-hydrogen) atoms. The molecule has 0 aliphatic carbocycles. The molecule has 1 aromatic rings. The van der Waals surface area contributed by atoms with Crippen LogP contribution in [-0.2, 0) is 6.54 Å². The Morgan fingerprint density at radius 1 is 1.44 bits per heavy atom. The number of carbonyl (C=O) groups is 1. The maximum atomic E-state index is 12.5. The molecule has 0 atom stereocenters. The van der Waals surface area contributed by atoms with Crippen LogP contribution in [0.15, 0.2) is 23.1 Å². The van der Waals surface area contributed by atoms with Gasteiger partial charge < -0.3 is 4.57 Å². The van der Waals surface area contributed by atoms with Crippen LogP contribution < -0.4 is 5.56 Å². The van der Waals surface area contributed by atoms with Gasteiger partial charge >= 0.3 is 0 Å². The standard InChI is InChI=1S/C11H13FN2O2/c12-10-6-13(7-10)4-5-14-3-1-2-9(8-15)11(14)16/h1-3,8,10H,4-7H2. The third-order valence-corrected chi connectivity index (χ3v) is 2.75. The van der Waals surface area contributed by atoms with Crippen LogP contribution in [0.4, 0.5) is 4.39 Å². The first kappa shape index (κ1) is 11.0. The van der Waals surface area contributed by atoms with Gasteiger partial charge in [0.05, 0.1) is 5.56 Å². The molecule has 0 aromatic carbocycles. The van der Waals surface area contributed by atoms with Gasteiger partial charge in [0.1, 0.15) is 6.17 Å². The van der Waals surface area contributed by atoms with E-state index < -0.39 is 6.17 Å². The number of halogens is 1. The molecule has 1 saturated heterocycles. The van der Waals surface area contributed by atoms with Crippen molar-refractivity contribution in [2.45, 2.75) is 12.7 Å². The average Bonchev–Trinajstić information content (AvgIpc) is 2.24. The number of likely N-dealkylation sites (tertiary alicyclic amines) is 1. The summed E-state index contributed by atoms with van der Waals surface area (Å²) >= 11 is 0. The summed E-state index contributed by atoms with van der Waals surface area (Å²) in [6.07, 6.45) is 1.47. The number of alkyl halides is 1. The summed E-state index contributed by atoms with van der Waals surface area (Å²) in [5.41, 5.74) is -0.121. The molecular weight excluding hydrogens is 211 g/mol. The highest BCUT2D eigenvalue weighted by Gasteiger charge is 2.25. The minimum absolute atomic E-state index is 0.162. The molecule has 1 aliphatic heterocycles. The third-order valence-electron chi connectivity index (χ3n) is 2.75. The smallest absolute Gasteiger partial charge is 0.261 e. The second-order valence-electron chi connectivity index (χ2n) is 3.94. The Morgan fingerprint density at radius 2 is 2.19 bits per heavy atom. The van der Waals surface area contributed by atoms with E-state index >= 15 is 0 Å². The zero-order valence-electron chi connectivity index (χ0n) is 8.80. The van der Waals surface area contributed by atoms with Crippen molar-refractivity contribution >= 4 is 6.29 Å². The maximum absolute atomic E-state index is 12.5. The van der Waals surface area contributed by atoms with Gasteiger partial charge in [0, 0.05) is 32.4 Å². The van der Waals surface area contributed by atoms with E-state index in [-0.39, 0.29) is 11.1 Å². The first-order valence-corrected chi connectivity index (χ1v) is 5.22. The molecule has 86 valence electrons. The minimum atomic E-state index is -0.724. The largest absolute Gasteiger partial charge is 0.314 e. The first-order chi connectivity index (χ1) is 7.70. The van der Waals surface area contributed by atoms with E-state index in [9.17, 15) is 14.0 Å². The highest BCUT2D eigenvalue weighted by atomic mass is 19.1. The number of hydrogen-bond acceptors (Lipinski definition) is 3. The van der Waals surface area contributed by atoms with Crippen LogP contribution in [0.2, 0.25) is 0 Å². The first-order valence-electron chi connectivity index (χ1n) is 5.22. The molecule has 1 aliphatic rings. The van der Waals surface area contributed by atoms with Crippen molar-refractivity contribution in [2.24, 2.45) is 0 Å². The van der Waals surface area contributed by atoms with Gasteiger partial charge in [-0.15, -0.1) is 0 Å². The summed E-state index contributed by atoms with van der Waals surface area (Å²) in [5.74, 6) is 0. The van der Waals surface area contributed by atoms with Gasteiger partial charge in [0.2, 0.25) is 0 Å². The van der Waals surface area contributed by atoms with Gasteiger partial charge in [-0.1, -0.05) is 0 Å². The van der Waals surface area contributed by atoms with Crippen LogP contribution in [-0.4, -0.2) is 41.6 Å². The van der Waals surface area contributed by atoms with Gasteiger partial charge in [-0.3, -0.25) is 14.5 Å². The third kappa shape index (κ3) is 2.19. The monoisotopic (exact) mass is 224 g/mol. The quantitative estimate of drug-likeness (QED) is 0.691. The van der Waals surface area contributed by atoms with Gasteiger partial charge in [-0.2, -0.15) is 0 Å². The summed E-state index contributed by atoms with van der Waals surface area (Å²) in [6, 6.07) is 3.16. The van der Waals surface area contributed by atoms with Crippen molar-refractivity contribution in [3.8, 4) is 0 Å². The van der Waals surface area contributed by atoms with Crippen LogP contribution in [0.5, 0.6) is 0 Å². The molecule has 1 aromatic heterocycles.